The molecular formula is C16H33Cl2N3O. The van der Waals surface area contributed by atoms with Crippen molar-refractivity contribution in [3.8, 4) is 0 Å². The van der Waals surface area contributed by atoms with Crippen molar-refractivity contribution in [1.82, 2.24) is 10.2 Å². The number of rotatable bonds is 4. The number of piperidine rings is 1. The van der Waals surface area contributed by atoms with Crippen LogP contribution in [-0.4, -0.2) is 42.5 Å². The molecule has 1 saturated heterocycles. The van der Waals surface area contributed by atoms with Crippen LogP contribution in [0.3, 0.4) is 0 Å². The van der Waals surface area contributed by atoms with Crippen molar-refractivity contribution < 1.29 is 4.79 Å². The lowest BCUT2D eigenvalue weighted by molar-refractivity contribution is -0.125. The van der Waals surface area contributed by atoms with Gasteiger partial charge in [0.1, 0.15) is 0 Å². The summed E-state index contributed by atoms with van der Waals surface area (Å²) < 4.78 is 0. The van der Waals surface area contributed by atoms with Crippen molar-refractivity contribution in [2.45, 2.75) is 58.5 Å². The second kappa shape index (κ2) is 9.96. The Morgan fingerprint density at radius 2 is 1.77 bits per heavy atom. The molecule has 3 N–H and O–H groups in total. The fourth-order valence-electron chi connectivity index (χ4n) is 3.99. The van der Waals surface area contributed by atoms with Gasteiger partial charge in [-0.25, -0.2) is 0 Å². The normalized spacial score (nSPS) is 33.5. The lowest BCUT2D eigenvalue weighted by Crippen LogP contribution is -2.48. The molecule has 2 fully saturated rings. The third-order valence-electron chi connectivity index (χ3n) is 4.71. The van der Waals surface area contributed by atoms with E-state index in [0.29, 0.717) is 0 Å². The highest BCUT2D eigenvalue weighted by molar-refractivity contribution is 5.85. The predicted octanol–water partition coefficient (Wildman–Crippen LogP) is 2.44. The van der Waals surface area contributed by atoms with Crippen LogP contribution in [0.25, 0.3) is 0 Å². The van der Waals surface area contributed by atoms with Crippen LogP contribution in [0, 0.1) is 17.8 Å². The van der Waals surface area contributed by atoms with E-state index in [2.05, 4.69) is 31.0 Å². The van der Waals surface area contributed by atoms with Crippen LogP contribution < -0.4 is 11.1 Å². The summed E-state index contributed by atoms with van der Waals surface area (Å²) >= 11 is 0. The number of nitrogens with one attached hydrogen (secondary N) is 1. The molecule has 2 rings (SSSR count). The number of carbonyl (C=O) groups excluding carboxylic acids is 1. The molecule has 1 saturated carbocycles. The van der Waals surface area contributed by atoms with E-state index in [1.54, 1.807) is 0 Å². The Balaban J connectivity index is 0.00000220. The Bertz CT molecular complexity index is 333. The number of halogens is 2. The smallest absolute Gasteiger partial charge is 0.223 e. The highest BCUT2D eigenvalue weighted by Gasteiger charge is 2.29. The van der Waals surface area contributed by atoms with Gasteiger partial charge in [-0.2, -0.15) is 0 Å². The van der Waals surface area contributed by atoms with E-state index in [-0.39, 0.29) is 48.7 Å². The molecule has 0 radical (unpaired) electrons. The van der Waals surface area contributed by atoms with E-state index in [0.717, 1.165) is 37.6 Å². The molecular weight excluding hydrogens is 321 g/mol. The minimum Gasteiger partial charge on any atom is -0.352 e. The van der Waals surface area contributed by atoms with Gasteiger partial charge in [-0.15, -0.1) is 24.8 Å². The van der Waals surface area contributed by atoms with Crippen molar-refractivity contribution in [2.75, 3.05) is 19.6 Å². The zero-order chi connectivity index (χ0) is 14.7. The second-order valence-electron chi connectivity index (χ2n) is 7.34. The van der Waals surface area contributed by atoms with Crippen LogP contribution in [0.2, 0.25) is 0 Å². The molecule has 5 atom stereocenters. The van der Waals surface area contributed by atoms with E-state index in [1.165, 1.54) is 19.5 Å². The molecule has 22 heavy (non-hydrogen) atoms. The third kappa shape index (κ3) is 6.61. The van der Waals surface area contributed by atoms with Crippen molar-refractivity contribution >= 4 is 30.7 Å². The maximum absolute atomic E-state index is 12.2. The molecule has 0 aromatic carbocycles. The van der Waals surface area contributed by atoms with Crippen LogP contribution in [-0.2, 0) is 4.79 Å². The SMILES string of the molecule is CC1CC(C)CN(CC(C)NC(=O)C2CCC(N)C2)C1.Cl.Cl. The maximum atomic E-state index is 12.2. The van der Waals surface area contributed by atoms with Crippen molar-refractivity contribution in [2.24, 2.45) is 23.5 Å². The topological polar surface area (TPSA) is 58.4 Å². The number of amides is 1. The highest BCUT2D eigenvalue weighted by atomic mass is 35.5. The van der Waals surface area contributed by atoms with Gasteiger partial charge in [-0.05, 0) is 44.4 Å². The molecule has 0 aromatic heterocycles. The molecule has 0 aromatic rings. The molecule has 1 aliphatic carbocycles. The number of hydrogen-bond donors (Lipinski definition) is 2. The molecule has 4 nitrogen and oxygen atoms in total. The zero-order valence-corrected chi connectivity index (χ0v) is 15.7. The number of likely N-dealkylation sites (tertiary alicyclic amines) is 1. The Hall–Kier alpha value is -0.0300. The molecule has 1 heterocycles. The average Bonchev–Trinajstić information content (AvgIpc) is 2.74. The van der Waals surface area contributed by atoms with Crippen LogP contribution in [0.4, 0.5) is 0 Å². The first-order valence-electron chi connectivity index (χ1n) is 8.22. The van der Waals surface area contributed by atoms with Gasteiger partial charge in [0, 0.05) is 37.6 Å². The maximum Gasteiger partial charge on any atom is 0.223 e. The first-order valence-corrected chi connectivity index (χ1v) is 8.22. The third-order valence-corrected chi connectivity index (χ3v) is 4.71. The largest absolute Gasteiger partial charge is 0.352 e. The molecule has 5 unspecified atom stereocenters. The van der Waals surface area contributed by atoms with E-state index in [9.17, 15) is 4.79 Å². The highest BCUT2D eigenvalue weighted by Crippen LogP contribution is 2.24. The van der Waals surface area contributed by atoms with Crippen molar-refractivity contribution in [3.05, 3.63) is 0 Å². The molecule has 6 heteroatoms. The summed E-state index contributed by atoms with van der Waals surface area (Å²) in [5, 5.41) is 3.18. The van der Waals surface area contributed by atoms with Crippen LogP contribution in [0.1, 0.15) is 46.5 Å². The number of nitrogens with two attached hydrogens (primary N) is 1. The second-order valence-corrected chi connectivity index (χ2v) is 7.34. The summed E-state index contributed by atoms with van der Waals surface area (Å²) in [5.74, 6) is 1.90. The molecule has 0 spiro atoms. The summed E-state index contributed by atoms with van der Waals surface area (Å²) in [6.07, 6.45) is 4.14. The minimum absolute atomic E-state index is 0. The number of hydrogen-bond acceptors (Lipinski definition) is 3. The van der Waals surface area contributed by atoms with Gasteiger partial charge in [0.25, 0.3) is 0 Å². The minimum atomic E-state index is 0. The van der Waals surface area contributed by atoms with Gasteiger partial charge < -0.3 is 16.0 Å². The van der Waals surface area contributed by atoms with Gasteiger partial charge in [-0.3, -0.25) is 4.79 Å². The fraction of sp³-hybridized carbons (Fsp3) is 0.938. The Morgan fingerprint density at radius 3 is 2.27 bits per heavy atom. The van der Waals surface area contributed by atoms with Crippen LogP contribution >= 0.6 is 24.8 Å². The molecule has 1 aliphatic heterocycles. The summed E-state index contributed by atoms with van der Waals surface area (Å²) in [5.41, 5.74) is 5.89. The lowest BCUT2D eigenvalue weighted by atomic mass is 9.91. The summed E-state index contributed by atoms with van der Waals surface area (Å²) in [4.78, 5) is 14.7. The van der Waals surface area contributed by atoms with E-state index >= 15 is 0 Å². The quantitative estimate of drug-likeness (QED) is 0.815. The summed E-state index contributed by atoms with van der Waals surface area (Å²) in [7, 11) is 0. The van der Waals surface area contributed by atoms with Gasteiger partial charge in [-0.1, -0.05) is 13.8 Å². The average molecular weight is 354 g/mol. The Kier molecular flexibility index (Phi) is 9.95. The molecule has 0 bridgehead atoms. The summed E-state index contributed by atoms with van der Waals surface area (Å²) in [6, 6.07) is 0.460. The van der Waals surface area contributed by atoms with E-state index in [4.69, 9.17) is 5.73 Å². The van der Waals surface area contributed by atoms with Gasteiger partial charge in [0.2, 0.25) is 5.91 Å². The van der Waals surface area contributed by atoms with Crippen LogP contribution in [0.5, 0.6) is 0 Å². The molecule has 132 valence electrons. The van der Waals surface area contributed by atoms with Crippen molar-refractivity contribution in [1.29, 1.82) is 0 Å². The number of nitrogens with zero attached hydrogens (tertiary/aromatic N) is 1. The zero-order valence-electron chi connectivity index (χ0n) is 14.1. The van der Waals surface area contributed by atoms with E-state index in [1.807, 2.05) is 0 Å². The van der Waals surface area contributed by atoms with Gasteiger partial charge in [0.05, 0.1) is 0 Å². The van der Waals surface area contributed by atoms with Crippen LogP contribution in [0.15, 0.2) is 0 Å². The Morgan fingerprint density at radius 1 is 1.18 bits per heavy atom. The monoisotopic (exact) mass is 353 g/mol. The fourth-order valence-corrected chi connectivity index (χ4v) is 3.99. The molecule has 1 amide bonds. The van der Waals surface area contributed by atoms with Gasteiger partial charge >= 0.3 is 0 Å². The van der Waals surface area contributed by atoms with E-state index < -0.39 is 0 Å². The standard InChI is InChI=1S/C16H31N3O.2ClH/c1-11-6-12(2)9-19(8-11)10-13(3)18-16(20)14-4-5-15(17)7-14;;/h11-15H,4-10,17H2,1-3H3,(H,18,20);2*1H. The first kappa shape index (κ1) is 22.0. The van der Waals surface area contributed by atoms with Crippen molar-refractivity contribution in [3.63, 3.8) is 0 Å². The Labute approximate surface area is 147 Å². The number of carbonyl (C=O) groups is 1. The first-order chi connectivity index (χ1) is 9.44. The van der Waals surface area contributed by atoms with Gasteiger partial charge in [0.15, 0.2) is 0 Å². The lowest BCUT2D eigenvalue weighted by Gasteiger charge is -2.36. The summed E-state index contributed by atoms with van der Waals surface area (Å²) in [6.45, 7) is 10.1. The molecule has 2 aliphatic rings. The predicted molar refractivity (Wildman–Crippen MR) is 96.8 cm³/mol.